The molecule has 2 heterocycles. The van der Waals surface area contributed by atoms with Gasteiger partial charge in [0.25, 0.3) is 0 Å². The fraction of sp³-hybridized carbons (Fsp3) is 0.655. The van der Waals surface area contributed by atoms with Crippen LogP contribution in [0.3, 0.4) is 0 Å². The number of aliphatic carboxylic acids is 1. The Morgan fingerprint density at radius 1 is 0.667 bits per heavy atom. The number of carboxylic acid groups (broad SMARTS) is 2. The van der Waals surface area contributed by atoms with Crippen LogP contribution >= 0.6 is 0 Å². The number of ether oxygens (including phenoxy) is 11. The maximum absolute atomic E-state index is 13.6. The molecule has 3 rings (SSSR count). The van der Waals surface area contributed by atoms with E-state index in [1.165, 1.54) is 41.2 Å². The number of benzene rings is 1. The van der Waals surface area contributed by atoms with Gasteiger partial charge in [0.2, 0.25) is 29.5 Å². The Balaban J connectivity index is 0.00000732. The quantitative estimate of drug-likeness (QED) is 0.0211. The van der Waals surface area contributed by atoms with Gasteiger partial charge in [-0.1, -0.05) is 31.5 Å². The first-order valence-electron chi connectivity index (χ1n) is 28.2. The standard InChI is InChI=1S/C50H78N10O22.C3H8.C2H2/c1-58(49(69)81-36-40-34-59(57-56-40)11-15-74-18-20-76-22-24-78-26-28-80-30-29-79-27-25-77-23-21-75-19-17-73-14-9-46(65)66)33-38-31-39(5-4-37(38)35-82-50(70)71)54-47(67)41(3-2-10-52-48(51)68)55-43(62)32-53-42(61)8-13-72-16-12-60-44(63)6-7-45(60)64;1-3-2;1-2/h4-5,31,34,41H,2-3,6-30,32-33,35-36H2,1H3,(H,53,61)(H,54,67)(H,55,62)(H,65,66)(H,70,71)(H3,51,52,68);3H2,1-2H3;1-2H/t41-;;/m0../s1. The summed E-state index contributed by atoms with van der Waals surface area (Å²) in [4.78, 5) is 111. The van der Waals surface area contributed by atoms with E-state index in [0.29, 0.717) is 122 Å². The number of urea groups is 1. The van der Waals surface area contributed by atoms with Crippen LogP contribution in [0.15, 0.2) is 24.4 Å². The Hall–Kier alpha value is -7.61. The first-order valence-corrected chi connectivity index (χ1v) is 28.2. The van der Waals surface area contributed by atoms with Crippen molar-refractivity contribution in [1.29, 1.82) is 0 Å². The van der Waals surface area contributed by atoms with Crippen LogP contribution in [0.4, 0.5) is 20.1 Å². The monoisotopic (exact) mass is 1240 g/mol. The Kier molecular flexibility index (Phi) is 45.0. The van der Waals surface area contributed by atoms with Gasteiger partial charge in [0.1, 0.15) is 24.9 Å². The number of terminal acetylenes is 1. The molecule has 2 aromatic rings. The smallest absolute Gasteiger partial charge is 0.481 e. The lowest BCUT2D eigenvalue weighted by atomic mass is 10.1. The number of nitrogens with two attached hydrogens (primary N) is 1. The number of rotatable bonds is 48. The zero-order valence-electron chi connectivity index (χ0n) is 50.0. The molecule has 32 nitrogen and oxygen atoms in total. The van der Waals surface area contributed by atoms with Crippen LogP contribution in [0.25, 0.3) is 0 Å². The van der Waals surface area contributed by atoms with Crippen LogP contribution in [0.2, 0.25) is 0 Å². The predicted octanol–water partition coefficient (Wildman–Crippen LogP) is 1.06. The summed E-state index contributed by atoms with van der Waals surface area (Å²) in [5.74, 6) is -3.40. The van der Waals surface area contributed by atoms with E-state index in [0.717, 1.165) is 4.90 Å². The van der Waals surface area contributed by atoms with E-state index in [-0.39, 0.29) is 102 Å². The molecule has 0 aliphatic carbocycles. The molecule has 0 spiro atoms. The summed E-state index contributed by atoms with van der Waals surface area (Å²) < 4.78 is 60.5. The van der Waals surface area contributed by atoms with Crippen LogP contribution in [-0.2, 0) is 107 Å². The summed E-state index contributed by atoms with van der Waals surface area (Å²) in [6, 6.07) is 2.49. The molecule has 0 saturated carbocycles. The first kappa shape index (κ1) is 77.4. The molecule has 0 unspecified atom stereocenters. The van der Waals surface area contributed by atoms with Crippen molar-refractivity contribution in [3.05, 3.63) is 41.2 Å². The minimum atomic E-state index is -1.54. The highest BCUT2D eigenvalue weighted by Crippen LogP contribution is 2.20. The van der Waals surface area contributed by atoms with Crippen molar-refractivity contribution in [2.45, 2.75) is 91.1 Å². The van der Waals surface area contributed by atoms with Gasteiger partial charge in [-0.2, -0.15) is 0 Å². The van der Waals surface area contributed by atoms with Gasteiger partial charge < -0.3 is 94.2 Å². The van der Waals surface area contributed by atoms with Crippen LogP contribution < -0.4 is 27.0 Å². The molecule has 1 aromatic carbocycles. The van der Waals surface area contributed by atoms with Crippen LogP contribution in [0.1, 0.15) is 75.6 Å². The second kappa shape index (κ2) is 50.5. The number of anilines is 1. The van der Waals surface area contributed by atoms with E-state index in [9.17, 15) is 48.3 Å². The molecule has 8 amide bonds. The van der Waals surface area contributed by atoms with E-state index in [1.54, 1.807) is 6.20 Å². The molecule has 1 aliphatic rings. The van der Waals surface area contributed by atoms with E-state index < -0.39 is 61.2 Å². The van der Waals surface area contributed by atoms with Gasteiger partial charge in [0.15, 0.2) is 0 Å². The lowest BCUT2D eigenvalue weighted by Crippen LogP contribution is -2.47. The fourth-order valence-corrected chi connectivity index (χ4v) is 6.99. The van der Waals surface area contributed by atoms with Crippen molar-refractivity contribution in [1.82, 2.24) is 40.7 Å². The summed E-state index contributed by atoms with van der Waals surface area (Å²) in [5.41, 5.74) is 6.45. The molecule has 1 fully saturated rings. The number of carboxylic acids is 1. The number of nitrogens with one attached hydrogen (secondary N) is 4. The normalized spacial score (nSPS) is 12.0. The number of primary amides is 1. The fourth-order valence-electron chi connectivity index (χ4n) is 6.99. The third-order valence-corrected chi connectivity index (χ3v) is 11.2. The summed E-state index contributed by atoms with van der Waals surface area (Å²) in [6.07, 6.45) is 8.91. The zero-order chi connectivity index (χ0) is 64.3. The molecule has 490 valence electrons. The van der Waals surface area contributed by atoms with Crippen molar-refractivity contribution in [3.8, 4) is 12.8 Å². The number of likely N-dealkylation sites (tertiary alicyclic amines) is 1. The van der Waals surface area contributed by atoms with Crippen molar-refractivity contribution < 1.29 is 105 Å². The number of imide groups is 1. The van der Waals surface area contributed by atoms with Gasteiger partial charge in [0, 0.05) is 45.1 Å². The molecule has 0 bridgehead atoms. The summed E-state index contributed by atoms with van der Waals surface area (Å²) in [6.45, 7) is 9.38. The largest absolute Gasteiger partial charge is 0.506 e. The van der Waals surface area contributed by atoms with Gasteiger partial charge in [0.05, 0.1) is 151 Å². The molecule has 1 atom stereocenters. The number of hydrogen-bond acceptors (Lipinski definition) is 22. The van der Waals surface area contributed by atoms with Gasteiger partial charge in [-0.25, -0.2) is 19.1 Å². The highest BCUT2D eigenvalue weighted by atomic mass is 16.7. The Morgan fingerprint density at radius 2 is 1.17 bits per heavy atom. The van der Waals surface area contributed by atoms with Gasteiger partial charge >= 0.3 is 24.2 Å². The van der Waals surface area contributed by atoms with Crippen LogP contribution in [-0.4, -0.2) is 240 Å². The minimum Gasteiger partial charge on any atom is -0.481 e. The molecule has 0 radical (unpaired) electrons. The highest BCUT2D eigenvalue weighted by Gasteiger charge is 2.28. The Morgan fingerprint density at radius 3 is 1.70 bits per heavy atom. The lowest BCUT2D eigenvalue weighted by Gasteiger charge is -2.21. The molecular weight excluding hydrogens is 1150 g/mol. The first-order chi connectivity index (χ1) is 42.0. The zero-order valence-corrected chi connectivity index (χ0v) is 50.0. The predicted molar refractivity (Wildman–Crippen MR) is 307 cm³/mol. The summed E-state index contributed by atoms with van der Waals surface area (Å²) >= 11 is 0. The average Bonchev–Trinajstić information content (AvgIpc) is 3.35. The number of hydrogen-bond donors (Lipinski definition) is 7. The van der Waals surface area contributed by atoms with Crippen LogP contribution in [0.5, 0.6) is 0 Å². The van der Waals surface area contributed by atoms with E-state index in [2.05, 4.69) is 58.3 Å². The van der Waals surface area contributed by atoms with Crippen molar-refractivity contribution in [2.75, 3.05) is 151 Å². The Bertz CT molecular complexity index is 2310. The third kappa shape index (κ3) is 40.4. The maximum Gasteiger partial charge on any atom is 0.506 e. The van der Waals surface area contributed by atoms with E-state index in [4.69, 9.17) is 62.9 Å². The minimum absolute atomic E-state index is 0.0276. The maximum atomic E-state index is 13.6. The summed E-state index contributed by atoms with van der Waals surface area (Å²) in [5, 5.41) is 35.9. The molecule has 8 N–H and O–H groups in total. The van der Waals surface area contributed by atoms with Crippen molar-refractivity contribution in [3.63, 3.8) is 0 Å². The Labute approximate surface area is 506 Å². The molecular formula is C55H88N10O22. The van der Waals surface area contributed by atoms with Crippen molar-refractivity contribution >= 4 is 59.5 Å². The highest BCUT2D eigenvalue weighted by molar-refractivity contribution is 6.02. The lowest BCUT2D eigenvalue weighted by molar-refractivity contribution is -0.140. The van der Waals surface area contributed by atoms with Crippen molar-refractivity contribution in [2.24, 2.45) is 5.73 Å². The second-order valence-corrected chi connectivity index (χ2v) is 18.3. The van der Waals surface area contributed by atoms with Gasteiger partial charge in [-0.05, 0) is 36.1 Å². The number of amides is 8. The average molecular weight is 1240 g/mol. The van der Waals surface area contributed by atoms with E-state index in [1.807, 2.05) is 0 Å². The third-order valence-electron chi connectivity index (χ3n) is 11.2. The number of carbonyl (C=O) groups excluding carboxylic acids is 7. The van der Waals surface area contributed by atoms with Crippen LogP contribution in [0, 0.1) is 12.8 Å². The topological polar surface area (TPSA) is 407 Å². The SMILES string of the molecule is C#C.CCC.CN(Cc1cc(NC(=O)[C@H](CCCNC(N)=O)NC(=O)CNC(=O)CCOCCN2C(=O)CCC2=O)ccc1COC(=O)O)C(=O)OCc1cn(CCOCCOCCOCCOCCOCCOCCOCCOCCC(=O)O)nn1. The number of nitrogens with zero attached hydrogens (tertiary/aromatic N) is 5. The molecule has 1 saturated heterocycles. The van der Waals surface area contributed by atoms with E-state index >= 15 is 0 Å². The second-order valence-electron chi connectivity index (χ2n) is 18.3. The number of carbonyl (C=O) groups is 9. The molecule has 32 heteroatoms. The number of aromatic nitrogens is 3. The van der Waals surface area contributed by atoms with Gasteiger partial charge in [-0.15, -0.1) is 17.9 Å². The molecule has 87 heavy (non-hydrogen) atoms. The molecule has 1 aliphatic heterocycles. The molecule has 1 aromatic heterocycles. The summed E-state index contributed by atoms with van der Waals surface area (Å²) in [7, 11) is 1.44. The van der Waals surface area contributed by atoms with Gasteiger partial charge in [-0.3, -0.25) is 33.7 Å².